The number of benzene rings is 2. The predicted molar refractivity (Wildman–Crippen MR) is 120 cm³/mol. The van der Waals surface area contributed by atoms with Crippen molar-refractivity contribution in [3.8, 4) is 5.75 Å². The third-order valence-corrected chi connectivity index (χ3v) is 6.54. The van der Waals surface area contributed by atoms with E-state index in [0.717, 1.165) is 22.8 Å². The molecule has 1 aliphatic carbocycles. The van der Waals surface area contributed by atoms with Gasteiger partial charge < -0.3 is 4.74 Å². The van der Waals surface area contributed by atoms with Gasteiger partial charge in [-0.1, -0.05) is 59.8 Å². The zero-order chi connectivity index (χ0) is 21.4. The number of ether oxygens (including phenoxy) is 1. The van der Waals surface area contributed by atoms with Crippen molar-refractivity contribution in [1.29, 1.82) is 0 Å². The van der Waals surface area contributed by atoms with E-state index in [4.69, 9.17) is 9.72 Å². The minimum Gasteiger partial charge on any atom is -0.496 e. The predicted octanol–water partition coefficient (Wildman–Crippen LogP) is 4.65. The van der Waals surface area contributed by atoms with Crippen LogP contribution in [0.3, 0.4) is 0 Å². The molecule has 0 spiro atoms. The lowest BCUT2D eigenvalue weighted by atomic mass is 9.82. The largest absolute Gasteiger partial charge is 0.496 e. The fraction of sp³-hybridized carbons (Fsp3) is 0.250. The summed E-state index contributed by atoms with van der Waals surface area (Å²) in [5.41, 5.74) is 4.92. The number of para-hydroxylation sites is 1. The molecule has 0 saturated carbocycles. The van der Waals surface area contributed by atoms with Gasteiger partial charge in [0, 0.05) is 24.3 Å². The lowest BCUT2D eigenvalue weighted by Crippen LogP contribution is -2.21. The van der Waals surface area contributed by atoms with Gasteiger partial charge >= 0.3 is 0 Å². The van der Waals surface area contributed by atoms with E-state index in [0.29, 0.717) is 29.3 Å². The van der Waals surface area contributed by atoms with Crippen molar-refractivity contribution >= 4 is 23.3 Å². The molecule has 0 N–H and O–H groups in total. The molecular weight excluding hydrogens is 408 g/mol. The fourth-order valence-electron chi connectivity index (χ4n) is 3.98. The number of Topliss-reactive ketones (excluding diaryl/α,β-unsaturated/α-hetero) is 1. The minimum absolute atomic E-state index is 0.0457. The Labute approximate surface area is 184 Å². The Balaban J connectivity index is 1.41. The molecule has 0 unspecified atom stereocenters. The van der Waals surface area contributed by atoms with Crippen LogP contribution < -0.4 is 4.74 Å². The molecule has 0 amide bonds. The highest BCUT2D eigenvalue weighted by Crippen LogP contribution is 2.36. The summed E-state index contributed by atoms with van der Waals surface area (Å²) in [7, 11) is 1.66. The third-order valence-electron chi connectivity index (χ3n) is 5.63. The third kappa shape index (κ3) is 3.93. The molecule has 6 nitrogen and oxygen atoms in total. The average Bonchev–Trinajstić information content (AvgIpc) is 3.19. The fourth-order valence-corrected chi connectivity index (χ4v) is 4.76. The molecule has 7 heteroatoms. The summed E-state index contributed by atoms with van der Waals surface area (Å²) < 4.78 is 7.13. The summed E-state index contributed by atoms with van der Waals surface area (Å²) in [6.07, 6.45) is 2.89. The van der Waals surface area contributed by atoms with Crippen LogP contribution in [0, 0.1) is 6.92 Å². The van der Waals surface area contributed by atoms with Gasteiger partial charge in [0.25, 0.3) is 5.78 Å². The summed E-state index contributed by atoms with van der Waals surface area (Å²) in [4.78, 5) is 22.2. The van der Waals surface area contributed by atoms with Crippen LogP contribution in [0.25, 0.3) is 5.78 Å². The maximum atomic E-state index is 12.9. The Kier molecular flexibility index (Phi) is 5.19. The molecule has 0 fully saturated rings. The number of fused-ring (bicyclic) bond motifs is 2. The Bertz CT molecular complexity index is 1270. The molecule has 4 aromatic rings. The first kappa shape index (κ1) is 19.8. The maximum Gasteiger partial charge on any atom is 0.253 e. The normalized spacial score (nSPS) is 15.8. The van der Waals surface area contributed by atoms with Gasteiger partial charge in [-0.15, -0.1) is 5.10 Å². The monoisotopic (exact) mass is 430 g/mol. The smallest absolute Gasteiger partial charge is 0.253 e. The number of thioether (sulfide) groups is 1. The number of hydrogen-bond donors (Lipinski definition) is 0. The van der Waals surface area contributed by atoms with Crippen LogP contribution in [-0.4, -0.2) is 32.5 Å². The molecule has 2 aromatic carbocycles. The van der Waals surface area contributed by atoms with E-state index in [2.05, 4.69) is 41.3 Å². The minimum atomic E-state index is 0.0457. The summed E-state index contributed by atoms with van der Waals surface area (Å²) in [6.45, 7) is 2.08. The van der Waals surface area contributed by atoms with Crippen molar-refractivity contribution in [3.63, 3.8) is 0 Å². The number of methoxy groups -OCH3 is 1. The van der Waals surface area contributed by atoms with Gasteiger partial charge in [0.15, 0.2) is 5.78 Å². The summed E-state index contributed by atoms with van der Waals surface area (Å²) >= 11 is 1.57. The molecule has 1 atom stereocenters. The lowest BCUT2D eigenvalue weighted by Gasteiger charge is -2.24. The first-order valence-electron chi connectivity index (χ1n) is 10.2. The molecule has 0 radical (unpaired) electrons. The number of rotatable bonds is 5. The topological polar surface area (TPSA) is 69.4 Å². The van der Waals surface area contributed by atoms with Crippen molar-refractivity contribution < 1.29 is 9.53 Å². The Morgan fingerprint density at radius 2 is 1.90 bits per heavy atom. The first-order valence-corrected chi connectivity index (χ1v) is 11.2. The standard InChI is InChI=1S/C24H22N4O2S/c1-15-7-9-16(10-8-15)14-31-24-26-23-25-20-11-17(18-5-3-4-6-22(18)30-2)12-21(29)19(20)13-28(23)27-24/h3-10,13,17H,11-12,14H2,1-2H3/t17-/m0/s1. The van der Waals surface area contributed by atoms with Crippen molar-refractivity contribution in [2.75, 3.05) is 7.11 Å². The molecule has 1 aliphatic rings. The van der Waals surface area contributed by atoms with E-state index in [1.54, 1.807) is 29.6 Å². The van der Waals surface area contributed by atoms with Gasteiger partial charge in [-0.25, -0.2) is 9.50 Å². The summed E-state index contributed by atoms with van der Waals surface area (Å²) in [5.74, 6) is 2.24. The molecule has 0 aliphatic heterocycles. The second kappa shape index (κ2) is 8.15. The number of ketones is 1. The van der Waals surface area contributed by atoms with E-state index >= 15 is 0 Å². The van der Waals surface area contributed by atoms with E-state index in [-0.39, 0.29) is 11.7 Å². The van der Waals surface area contributed by atoms with E-state index in [1.807, 2.05) is 24.3 Å². The Hall–Kier alpha value is -3.19. The quantitative estimate of drug-likeness (QED) is 0.430. The van der Waals surface area contributed by atoms with Crippen molar-refractivity contribution in [2.24, 2.45) is 0 Å². The highest BCUT2D eigenvalue weighted by molar-refractivity contribution is 7.98. The summed E-state index contributed by atoms with van der Waals surface area (Å²) in [6, 6.07) is 16.3. The highest BCUT2D eigenvalue weighted by Gasteiger charge is 2.30. The van der Waals surface area contributed by atoms with E-state index in [1.165, 1.54) is 11.1 Å². The highest BCUT2D eigenvalue weighted by atomic mass is 32.2. The van der Waals surface area contributed by atoms with Crippen LogP contribution in [0.2, 0.25) is 0 Å². The van der Waals surface area contributed by atoms with Gasteiger partial charge in [0.05, 0.1) is 18.4 Å². The van der Waals surface area contributed by atoms with Gasteiger partial charge in [-0.05, 0) is 30.5 Å². The zero-order valence-corrected chi connectivity index (χ0v) is 18.2. The van der Waals surface area contributed by atoms with Gasteiger partial charge in [-0.2, -0.15) is 4.98 Å². The zero-order valence-electron chi connectivity index (χ0n) is 17.4. The SMILES string of the molecule is COc1ccccc1[C@@H]1CC(=O)c2cn3nc(SCc4ccc(C)cc4)nc3nc2C1. The average molecular weight is 431 g/mol. The molecule has 0 bridgehead atoms. The molecule has 5 rings (SSSR count). The van der Waals surface area contributed by atoms with Crippen LogP contribution in [0.5, 0.6) is 5.75 Å². The van der Waals surface area contributed by atoms with Crippen LogP contribution in [0.15, 0.2) is 59.9 Å². The van der Waals surface area contributed by atoms with Crippen molar-refractivity contribution in [3.05, 3.63) is 82.7 Å². The second-order valence-electron chi connectivity index (χ2n) is 7.78. The lowest BCUT2D eigenvalue weighted by molar-refractivity contribution is 0.0962. The van der Waals surface area contributed by atoms with E-state index in [9.17, 15) is 4.79 Å². The number of hydrogen-bond acceptors (Lipinski definition) is 6. The first-order chi connectivity index (χ1) is 15.1. The number of carbonyl (C=O) groups excluding carboxylic acids is 1. The Morgan fingerprint density at radius 1 is 1.10 bits per heavy atom. The van der Waals surface area contributed by atoms with Crippen LogP contribution in [-0.2, 0) is 12.2 Å². The molecule has 156 valence electrons. The number of aromatic nitrogens is 4. The number of nitrogens with zero attached hydrogens (tertiary/aromatic N) is 4. The van der Waals surface area contributed by atoms with Crippen molar-refractivity contribution in [2.45, 2.75) is 36.6 Å². The summed E-state index contributed by atoms with van der Waals surface area (Å²) in [5, 5.41) is 5.18. The number of aryl methyl sites for hydroxylation is 1. The maximum absolute atomic E-state index is 12.9. The van der Waals surface area contributed by atoms with Crippen LogP contribution >= 0.6 is 11.8 Å². The molecule has 2 aromatic heterocycles. The van der Waals surface area contributed by atoms with E-state index < -0.39 is 0 Å². The molecule has 31 heavy (non-hydrogen) atoms. The van der Waals surface area contributed by atoms with Crippen LogP contribution in [0.4, 0.5) is 0 Å². The van der Waals surface area contributed by atoms with Gasteiger partial charge in [-0.3, -0.25) is 4.79 Å². The molecular formula is C24H22N4O2S. The number of carbonyl (C=O) groups is 1. The molecule has 0 saturated heterocycles. The van der Waals surface area contributed by atoms with Gasteiger partial charge in [0.2, 0.25) is 5.16 Å². The second-order valence-corrected chi connectivity index (χ2v) is 8.73. The van der Waals surface area contributed by atoms with Crippen molar-refractivity contribution in [1.82, 2.24) is 19.6 Å². The van der Waals surface area contributed by atoms with Gasteiger partial charge in [0.1, 0.15) is 5.75 Å². The Morgan fingerprint density at radius 3 is 2.71 bits per heavy atom. The molecule has 2 heterocycles. The van der Waals surface area contributed by atoms with Crippen LogP contribution in [0.1, 0.15) is 45.1 Å².